The maximum atomic E-state index is 11.5. The molecule has 1 rings (SSSR count). The van der Waals surface area contributed by atoms with Crippen LogP contribution in [0.15, 0.2) is 0 Å². The van der Waals surface area contributed by atoms with Crippen LogP contribution in [0.4, 0.5) is 4.79 Å². The van der Waals surface area contributed by atoms with Crippen molar-refractivity contribution in [2.45, 2.75) is 51.7 Å². The van der Waals surface area contributed by atoms with Gasteiger partial charge in [0.15, 0.2) is 0 Å². The highest BCUT2D eigenvalue weighted by Gasteiger charge is 2.61. The van der Waals surface area contributed by atoms with Gasteiger partial charge in [-0.3, -0.25) is 0 Å². The fourth-order valence-electron chi connectivity index (χ4n) is 1.78. The van der Waals surface area contributed by atoms with Crippen LogP contribution in [0.5, 0.6) is 0 Å². The van der Waals surface area contributed by atoms with Crippen molar-refractivity contribution in [1.82, 2.24) is 5.32 Å². The molecule has 1 aliphatic carbocycles. The van der Waals surface area contributed by atoms with E-state index in [0.29, 0.717) is 6.42 Å². The molecule has 0 radical (unpaired) electrons. The summed E-state index contributed by atoms with van der Waals surface area (Å²) in [6.07, 6.45) is 0.561. The Balaban J connectivity index is 2.59. The number of hydrogen-bond donors (Lipinski definition) is 2. The van der Waals surface area contributed by atoms with Gasteiger partial charge in [0.05, 0.1) is 0 Å². The molecule has 0 aliphatic heterocycles. The molecule has 92 valence electrons. The van der Waals surface area contributed by atoms with Crippen LogP contribution in [0.1, 0.15) is 40.5 Å². The second-order valence-corrected chi connectivity index (χ2v) is 5.21. The standard InChI is InChI=1S/C11H19NO4/c1-5-7-6-11(7,8(13)14)12-9(15)16-10(2,3)4/h7H,5-6H2,1-4H3,(H,12,15)(H,13,14)/t7?,11-/m1/s1. The summed E-state index contributed by atoms with van der Waals surface area (Å²) in [6, 6.07) is 0. The number of hydrogen-bond acceptors (Lipinski definition) is 3. The van der Waals surface area contributed by atoms with E-state index in [2.05, 4.69) is 5.32 Å². The summed E-state index contributed by atoms with van der Waals surface area (Å²) >= 11 is 0. The number of nitrogens with one attached hydrogen (secondary N) is 1. The number of carbonyl (C=O) groups is 2. The number of aliphatic carboxylic acids is 1. The van der Waals surface area contributed by atoms with E-state index in [1.54, 1.807) is 20.8 Å². The Morgan fingerprint density at radius 1 is 1.50 bits per heavy atom. The highest BCUT2D eigenvalue weighted by Crippen LogP contribution is 2.46. The van der Waals surface area contributed by atoms with Gasteiger partial charge in [-0.15, -0.1) is 0 Å². The van der Waals surface area contributed by atoms with Crippen LogP contribution in [0.25, 0.3) is 0 Å². The molecule has 0 saturated heterocycles. The maximum absolute atomic E-state index is 11.5. The van der Waals surface area contributed by atoms with Gasteiger partial charge in [0.25, 0.3) is 0 Å². The zero-order chi connectivity index (χ0) is 12.6. The molecular formula is C11H19NO4. The minimum atomic E-state index is -1.10. The van der Waals surface area contributed by atoms with Crippen molar-refractivity contribution in [1.29, 1.82) is 0 Å². The first kappa shape index (κ1) is 12.8. The van der Waals surface area contributed by atoms with Crippen molar-refractivity contribution in [3.05, 3.63) is 0 Å². The van der Waals surface area contributed by atoms with Crippen molar-refractivity contribution in [2.24, 2.45) is 5.92 Å². The number of carboxylic acid groups (broad SMARTS) is 1. The molecule has 5 nitrogen and oxygen atoms in total. The Morgan fingerprint density at radius 3 is 2.38 bits per heavy atom. The van der Waals surface area contributed by atoms with Crippen molar-refractivity contribution in [3.63, 3.8) is 0 Å². The summed E-state index contributed by atoms with van der Waals surface area (Å²) < 4.78 is 5.04. The topological polar surface area (TPSA) is 75.6 Å². The van der Waals surface area contributed by atoms with E-state index in [9.17, 15) is 9.59 Å². The number of ether oxygens (including phenoxy) is 1. The van der Waals surface area contributed by atoms with Crippen LogP contribution in [-0.4, -0.2) is 28.3 Å². The van der Waals surface area contributed by atoms with E-state index < -0.39 is 23.2 Å². The van der Waals surface area contributed by atoms with Crippen molar-refractivity contribution >= 4 is 12.1 Å². The zero-order valence-corrected chi connectivity index (χ0v) is 10.2. The molecule has 0 aromatic heterocycles. The molecule has 0 aromatic carbocycles. The van der Waals surface area contributed by atoms with E-state index in [0.717, 1.165) is 6.42 Å². The van der Waals surface area contributed by atoms with Gasteiger partial charge in [-0.1, -0.05) is 13.3 Å². The van der Waals surface area contributed by atoms with Crippen LogP contribution in [0.3, 0.4) is 0 Å². The maximum Gasteiger partial charge on any atom is 0.408 e. The number of carbonyl (C=O) groups excluding carboxylic acids is 1. The molecule has 16 heavy (non-hydrogen) atoms. The average molecular weight is 229 g/mol. The van der Waals surface area contributed by atoms with E-state index >= 15 is 0 Å². The summed E-state index contributed by atoms with van der Waals surface area (Å²) in [5.41, 5.74) is -1.71. The van der Waals surface area contributed by atoms with Crippen LogP contribution in [-0.2, 0) is 9.53 Å². The summed E-state index contributed by atoms with van der Waals surface area (Å²) in [4.78, 5) is 22.6. The van der Waals surface area contributed by atoms with Gasteiger partial charge >= 0.3 is 12.1 Å². The predicted octanol–water partition coefficient (Wildman–Crippen LogP) is 1.76. The second kappa shape index (κ2) is 3.96. The Labute approximate surface area is 95.2 Å². The van der Waals surface area contributed by atoms with E-state index in [-0.39, 0.29) is 5.92 Å². The molecule has 1 aliphatic rings. The number of alkyl carbamates (subject to hydrolysis) is 1. The molecule has 2 N–H and O–H groups in total. The zero-order valence-electron chi connectivity index (χ0n) is 10.2. The summed E-state index contributed by atoms with van der Waals surface area (Å²) in [6.45, 7) is 7.13. The molecule has 0 spiro atoms. The fourth-order valence-corrected chi connectivity index (χ4v) is 1.78. The highest BCUT2D eigenvalue weighted by molar-refractivity contribution is 5.88. The fraction of sp³-hybridized carbons (Fsp3) is 0.818. The quantitative estimate of drug-likeness (QED) is 0.773. The molecular weight excluding hydrogens is 210 g/mol. The molecule has 0 heterocycles. The Morgan fingerprint density at radius 2 is 2.06 bits per heavy atom. The van der Waals surface area contributed by atoms with Crippen molar-refractivity contribution in [3.8, 4) is 0 Å². The largest absolute Gasteiger partial charge is 0.479 e. The lowest BCUT2D eigenvalue weighted by Crippen LogP contribution is -2.46. The third-order valence-corrected chi connectivity index (χ3v) is 2.70. The van der Waals surface area contributed by atoms with Gasteiger partial charge in [0.1, 0.15) is 11.1 Å². The summed E-state index contributed by atoms with van der Waals surface area (Å²) in [5, 5.41) is 11.5. The van der Waals surface area contributed by atoms with E-state index in [1.165, 1.54) is 0 Å². The normalized spacial score (nSPS) is 28.4. The number of amides is 1. The second-order valence-electron chi connectivity index (χ2n) is 5.21. The molecule has 0 bridgehead atoms. The van der Waals surface area contributed by atoms with Gasteiger partial charge in [-0.2, -0.15) is 0 Å². The minimum Gasteiger partial charge on any atom is -0.479 e. The van der Waals surface area contributed by atoms with Crippen LogP contribution in [0.2, 0.25) is 0 Å². The van der Waals surface area contributed by atoms with Gasteiger partial charge < -0.3 is 15.2 Å². The number of carboxylic acids is 1. The lowest BCUT2D eigenvalue weighted by Gasteiger charge is -2.22. The molecule has 1 saturated carbocycles. The Hall–Kier alpha value is -1.26. The molecule has 5 heteroatoms. The van der Waals surface area contributed by atoms with E-state index in [1.807, 2.05) is 6.92 Å². The first-order valence-electron chi connectivity index (χ1n) is 5.46. The molecule has 1 amide bonds. The molecule has 0 aromatic rings. The van der Waals surface area contributed by atoms with Crippen LogP contribution in [0, 0.1) is 5.92 Å². The Bertz CT molecular complexity index is 308. The average Bonchev–Trinajstić information content (AvgIpc) is 2.76. The lowest BCUT2D eigenvalue weighted by molar-refractivity contribution is -0.141. The Kier molecular flexibility index (Phi) is 3.17. The van der Waals surface area contributed by atoms with Gasteiger partial charge in [0.2, 0.25) is 0 Å². The first-order chi connectivity index (χ1) is 7.21. The minimum absolute atomic E-state index is 0.0116. The SMILES string of the molecule is CCC1C[C@]1(NC(=O)OC(C)(C)C)C(=O)O. The van der Waals surface area contributed by atoms with Gasteiger partial charge in [-0.25, -0.2) is 9.59 Å². The number of rotatable bonds is 3. The molecule has 1 unspecified atom stereocenters. The third-order valence-electron chi connectivity index (χ3n) is 2.70. The third kappa shape index (κ3) is 2.65. The molecule has 1 fully saturated rings. The highest BCUT2D eigenvalue weighted by atomic mass is 16.6. The van der Waals surface area contributed by atoms with Crippen LogP contribution >= 0.6 is 0 Å². The lowest BCUT2D eigenvalue weighted by atomic mass is 10.1. The molecule has 2 atom stereocenters. The van der Waals surface area contributed by atoms with Crippen molar-refractivity contribution < 1.29 is 19.4 Å². The monoisotopic (exact) mass is 229 g/mol. The van der Waals surface area contributed by atoms with Gasteiger partial charge in [0, 0.05) is 0 Å². The summed E-state index contributed by atoms with van der Waals surface area (Å²) in [5.74, 6) is -0.970. The van der Waals surface area contributed by atoms with Crippen molar-refractivity contribution in [2.75, 3.05) is 0 Å². The van der Waals surface area contributed by atoms with Crippen LogP contribution < -0.4 is 5.32 Å². The van der Waals surface area contributed by atoms with Gasteiger partial charge in [-0.05, 0) is 33.1 Å². The summed E-state index contributed by atoms with van der Waals surface area (Å²) in [7, 11) is 0. The van der Waals surface area contributed by atoms with E-state index in [4.69, 9.17) is 9.84 Å². The smallest absolute Gasteiger partial charge is 0.408 e. The predicted molar refractivity (Wildman–Crippen MR) is 58.1 cm³/mol. The first-order valence-corrected chi connectivity index (χ1v) is 5.46.